The maximum Gasteiger partial charge on any atom is 0.293 e. The van der Waals surface area contributed by atoms with E-state index in [0.717, 1.165) is 23.3 Å². The summed E-state index contributed by atoms with van der Waals surface area (Å²) in [4.78, 5) is 10.0. The molecule has 0 aliphatic heterocycles. The van der Waals surface area contributed by atoms with Gasteiger partial charge in [-0.2, -0.15) is 0 Å². The van der Waals surface area contributed by atoms with E-state index in [1.165, 1.54) is 13.2 Å². The Bertz CT molecular complexity index is 911. The lowest BCUT2D eigenvalue weighted by Crippen LogP contribution is -2.32. The fraction of sp³-hybridized carbons (Fsp3) is 0.333. The van der Waals surface area contributed by atoms with Crippen molar-refractivity contribution < 1.29 is 18.1 Å². The number of nitro groups is 1. The van der Waals surface area contributed by atoms with E-state index in [1.807, 2.05) is 24.3 Å². The molecule has 0 heterocycles. The van der Waals surface area contributed by atoms with Crippen LogP contribution in [0.25, 0.3) is 0 Å². The molecule has 146 valence electrons. The Kier molecular flexibility index (Phi) is 6.53. The minimum absolute atomic E-state index is 0.0907. The van der Waals surface area contributed by atoms with E-state index >= 15 is 0 Å². The van der Waals surface area contributed by atoms with Gasteiger partial charge in [-0.25, -0.2) is 13.1 Å². The molecule has 0 aliphatic carbocycles. The molecule has 0 fully saturated rings. The van der Waals surface area contributed by atoms with Crippen LogP contribution in [0, 0.1) is 10.1 Å². The van der Waals surface area contributed by atoms with E-state index in [1.54, 1.807) is 0 Å². The third-order valence-corrected chi connectivity index (χ3v) is 5.65. The van der Waals surface area contributed by atoms with Crippen LogP contribution in [0.5, 0.6) is 5.75 Å². The molecule has 1 unspecified atom stereocenters. The number of nitrogens with one attached hydrogen (secondary N) is 1. The molecule has 3 N–H and O–H groups in total. The Morgan fingerprint density at radius 3 is 2.26 bits per heavy atom. The van der Waals surface area contributed by atoms with Crippen LogP contribution in [0.2, 0.25) is 0 Å². The van der Waals surface area contributed by atoms with Gasteiger partial charge in [-0.15, -0.1) is 0 Å². The number of benzene rings is 2. The Morgan fingerprint density at radius 1 is 1.15 bits per heavy atom. The van der Waals surface area contributed by atoms with Crippen LogP contribution < -0.4 is 15.2 Å². The summed E-state index contributed by atoms with van der Waals surface area (Å²) in [6, 6.07) is 10.6. The summed E-state index contributed by atoms with van der Waals surface area (Å²) in [5.74, 6) is 0.576. The average molecular weight is 393 g/mol. The molecule has 1 atom stereocenters. The fourth-order valence-corrected chi connectivity index (χ4v) is 3.73. The lowest BCUT2D eigenvalue weighted by molar-refractivity contribution is -0.387. The second kappa shape index (κ2) is 8.47. The quantitative estimate of drug-likeness (QED) is 0.525. The normalized spacial score (nSPS) is 12.8. The first-order valence-corrected chi connectivity index (χ1v) is 9.81. The lowest BCUT2D eigenvalue weighted by atomic mass is 9.99. The fourth-order valence-electron chi connectivity index (χ4n) is 2.52. The molecule has 2 aromatic carbocycles. The van der Waals surface area contributed by atoms with Gasteiger partial charge in [0.2, 0.25) is 10.0 Å². The van der Waals surface area contributed by atoms with Crippen molar-refractivity contribution >= 4 is 15.7 Å². The number of ether oxygens (including phenoxy) is 1. The maximum absolute atomic E-state index is 12.5. The highest BCUT2D eigenvalue weighted by Gasteiger charge is 2.27. The molecule has 9 heteroatoms. The molecule has 0 amide bonds. The molecule has 27 heavy (non-hydrogen) atoms. The Balaban J connectivity index is 2.18. The van der Waals surface area contributed by atoms with E-state index in [4.69, 9.17) is 10.5 Å². The van der Waals surface area contributed by atoms with E-state index in [9.17, 15) is 18.5 Å². The van der Waals surface area contributed by atoms with E-state index in [2.05, 4.69) is 18.6 Å². The maximum atomic E-state index is 12.5. The van der Waals surface area contributed by atoms with Crippen molar-refractivity contribution in [2.75, 3.05) is 13.7 Å². The predicted octanol–water partition coefficient (Wildman–Crippen LogP) is 2.71. The number of hydrogen-bond acceptors (Lipinski definition) is 6. The highest BCUT2D eigenvalue weighted by molar-refractivity contribution is 7.89. The van der Waals surface area contributed by atoms with Gasteiger partial charge in [-0.1, -0.05) is 38.1 Å². The highest BCUT2D eigenvalue weighted by atomic mass is 32.2. The van der Waals surface area contributed by atoms with Gasteiger partial charge >= 0.3 is 0 Å². The van der Waals surface area contributed by atoms with Gasteiger partial charge < -0.3 is 10.5 Å². The van der Waals surface area contributed by atoms with Gasteiger partial charge in [0.1, 0.15) is 5.75 Å². The summed E-state index contributed by atoms with van der Waals surface area (Å²) in [5, 5.41) is 11.2. The molecule has 8 nitrogen and oxygen atoms in total. The van der Waals surface area contributed by atoms with Crippen LogP contribution in [-0.2, 0) is 10.0 Å². The predicted molar refractivity (Wildman–Crippen MR) is 102 cm³/mol. The number of nitro benzene ring substituents is 1. The minimum Gasteiger partial charge on any atom is -0.497 e. The largest absolute Gasteiger partial charge is 0.497 e. The van der Waals surface area contributed by atoms with Gasteiger partial charge in [0.25, 0.3) is 5.69 Å². The molecule has 0 radical (unpaired) electrons. The van der Waals surface area contributed by atoms with Crippen molar-refractivity contribution in [2.24, 2.45) is 5.73 Å². The van der Waals surface area contributed by atoms with Crippen LogP contribution in [0.15, 0.2) is 47.4 Å². The SMILES string of the molecule is COc1ccc(S(=O)(=O)NCC(N)c2ccc(C(C)C)cc2)c([N+](=O)[O-])c1. The minimum atomic E-state index is -4.11. The van der Waals surface area contributed by atoms with E-state index in [0.29, 0.717) is 5.92 Å². The van der Waals surface area contributed by atoms with Crippen molar-refractivity contribution in [3.8, 4) is 5.75 Å². The molecule has 0 aromatic heterocycles. The van der Waals surface area contributed by atoms with Crippen LogP contribution in [0.1, 0.15) is 36.9 Å². The smallest absolute Gasteiger partial charge is 0.293 e. The van der Waals surface area contributed by atoms with Crippen LogP contribution in [0.3, 0.4) is 0 Å². The number of hydrogen-bond donors (Lipinski definition) is 2. The third-order valence-electron chi connectivity index (χ3n) is 4.18. The Labute approximate surface area is 158 Å². The van der Waals surface area contributed by atoms with Crippen LogP contribution in [-0.4, -0.2) is 27.0 Å². The lowest BCUT2D eigenvalue weighted by Gasteiger charge is -2.15. The third kappa shape index (κ3) is 5.03. The summed E-state index contributed by atoms with van der Waals surface area (Å²) in [5.41, 5.74) is 7.43. The van der Waals surface area contributed by atoms with Gasteiger partial charge in [0.05, 0.1) is 18.1 Å². The molecule has 0 spiro atoms. The van der Waals surface area contributed by atoms with Crippen molar-refractivity contribution in [3.63, 3.8) is 0 Å². The van der Waals surface area contributed by atoms with Crippen molar-refractivity contribution in [1.82, 2.24) is 4.72 Å². The van der Waals surface area contributed by atoms with Crippen molar-refractivity contribution in [3.05, 3.63) is 63.7 Å². The molecular weight excluding hydrogens is 370 g/mol. The molecule has 2 aromatic rings. The molecule has 0 saturated carbocycles. The second-order valence-electron chi connectivity index (χ2n) is 6.37. The monoisotopic (exact) mass is 393 g/mol. The molecule has 0 saturated heterocycles. The van der Waals surface area contributed by atoms with Crippen LogP contribution >= 0.6 is 0 Å². The zero-order valence-corrected chi connectivity index (χ0v) is 16.2. The number of sulfonamides is 1. The van der Waals surface area contributed by atoms with Gasteiger partial charge in [0, 0.05) is 12.6 Å². The first kappa shape index (κ1) is 20.8. The first-order chi connectivity index (χ1) is 12.7. The Hall–Kier alpha value is -2.49. The zero-order chi connectivity index (χ0) is 20.2. The van der Waals surface area contributed by atoms with E-state index in [-0.39, 0.29) is 12.3 Å². The molecule has 0 bridgehead atoms. The average Bonchev–Trinajstić information content (AvgIpc) is 2.65. The summed E-state index contributed by atoms with van der Waals surface area (Å²) in [6.07, 6.45) is 0. The molecule has 0 aliphatic rings. The highest BCUT2D eigenvalue weighted by Crippen LogP contribution is 2.28. The standard InChI is InChI=1S/C18H23N3O5S/c1-12(2)13-4-6-14(7-5-13)16(19)11-20-27(24,25)18-9-8-15(26-3)10-17(18)21(22)23/h4-10,12,16,20H,11,19H2,1-3H3. The summed E-state index contributed by atoms with van der Waals surface area (Å²) in [6.45, 7) is 4.06. The van der Waals surface area contributed by atoms with Gasteiger partial charge in [0.15, 0.2) is 4.90 Å². The van der Waals surface area contributed by atoms with Crippen molar-refractivity contribution in [2.45, 2.75) is 30.7 Å². The summed E-state index contributed by atoms with van der Waals surface area (Å²) in [7, 11) is -2.77. The molecular formula is C18H23N3O5S. The topological polar surface area (TPSA) is 125 Å². The van der Waals surface area contributed by atoms with Gasteiger partial charge in [-0.05, 0) is 29.2 Å². The second-order valence-corrected chi connectivity index (χ2v) is 8.11. The van der Waals surface area contributed by atoms with Crippen LogP contribution in [0.4, 0.5) is 5.69 Å². The molecule has 2 rings (SSSR count). The zero-order valence-electron chi connectivity index (χ0n) is 15.4. The number of nitrogens with two attached hydrogens (primary N) is 1. The van der Waals surface area contributed by atoms with E-state index < -0.39 is 31.6 Å². The number of methoxy groups -OCH3 is 1. The Morgan fingerprint density at radius 2 is 1.74 bits per heavy atom. The summed E-state index contributed by atoms with van der Waals surface area (Å²) < 4.78 is 32.3. The first-order valence-electron chi connectivity index (χ1n) is 8.33. The number of rotatable bonds is 8. The number of nitrogens with zero attached hydrogens (tertiary/aromatic N) is 1. The van der Waals surface area contributed by atoms with Crippen molar-refractivity contribution in [1.29, 1.82) is 0 Å². The summed E-state index contributed by atoms with van der Waals surface area (Å²) >= 11 is 0. The van der Waals surface area contributed by atoms with Gasteiger partial charge in [-0.3, -0.25) is 10.1 Å².